The number of pyridine rings is 2. The molecule has 47 heavy (non-hydrogen) atoms. The molecule has 0 radical (unpaired) electrons. The van der Waals surface area contributed by atoms with E-state index in [9.17, 15) is 14.0 Å². The zero-order valence-corrected chi connectivity index (χ0v) is 25.8. The van der Waals surface area contributed by atoms with Crippen molar-refractivity contribution < 1.29 is 32.5 Å². The summed E-state index contributed by atoms with van der Waals surface area (Å²) >= 11 is 0. The van der Waals surface area contributed by atoms with Gasteiger partial charge in [-0.05, 0) is 72.6 Å². The van der Waals surface area contributed by atoms with Gasteiger partial charge >= 0.3 is 0 Å². The SMILES string of the molecule is COc1cc2c(Oc3ccc(CC(=O)c4cccn(-c5ccc(F)cc5)c4=O)cc3F)ccnc2cc1OCCCN1CCOCC1. The van der Waals surface area contributed by atoms with Crippen molar-refractivity contribution >= 4 is 16.7 Å². The predicted octanol–water partition coefficient (Wildman–Crippen LogP) is 5.99. The highest BCUT2D eigenvalue weighted by Crippen LogP contribution is 2.37. The van der Waals surface area contributed by atoms with Crippen LogP contribution in [0.15, 0.2) is 90.0 Å². The maximum atomic E-state index is 15.3. The van der Waals surface area contributed by atoms with Crippen molar-refractivity contribution in [2.75, 3.05) is 46.6 Å². The summed E-state index contributed by atoms with van der Waals surface area (Å²) < 4.78 is 52.9. The summed E-state index contributed by atoms with van der Waals surface area (Å²) in [5.74, 6) is -0.236. The molecule has 3 heterocycles. The minimum Gasteiger partial charge on any atom is -0.493 e. The van der Waals surface area contributed by atoms with E-state index in [-0.39, 0.29) is 17.7 Å². The molecule has 1 fully saturated rings. The smallest absolute Gasteiger partial charge is 0.265 e. The molecule has 2 aromatic heterocycles. The summed E-state index contributed by atoms with van der Waals surface area (Å²) in [4.78, 5) is 32.9. The van der Waals surface area contributed by atoms with E-state index in [1.165, 1.54) is 53.2 Å². The first-order valence-corrected chi connectivity index (χ1v) is 15.3. The number of fused-ring (bicyclic) bond motifs is 1. The van der Waals surface area contributed by atoms with Crippen LogP contribution in [0, 0.1) is 11.6 Å². The molecule has 0 N–H and O–H groups in total. The number of Topliss-reactive ketones (excluding diaryl/α,β-unsaturated/α-hetero) is 1. The molecule has 3 aromatic carbocycles. The number of nitrogens with zero attached hydrogens (tertiary/aromatic N) is 3. The van der Waals surface area contributed by atoms with Gasteiger partial charge in [-0.3, -0.25) is 24.0 Å². The van der Waals surface area contributed by atoms with Crippen molar-refractivity contribution in [3.8, 4) is 28.7 Å². The van der Waals surface area contributed by atoms with Crippen molar-refractivity contribution in [3.63, 3.8) is 0 Å². The molecular formula is C36H33F2N3O6. The Kier molecular flexibility index (Phi) is 9.84. The molecule has 1 aliphatic heterocycles. The van der Waals surface area contributed by atoms with Crippen LogP contribution >= 0.6 is 0 Å². The average molecular weight is 642 g/mol. The van der Waals surface area contributed by atoms with Crippen molar-refractivity contribution in [2.24, 2.45) is 0 Å². The summed E-state index contributed by atoms with van der Waals surface area (Å²) in [5.41, 5.74) is 0.765. The number of carbonyl (C=O) groups is 1. The number of rotatable bonds is 12. The van der Waals surface area contributed by atoms with Crippen molar-refractivity contribution in [3.05, 3.63) is 118 Å². The average Bonchev–Trinajstić information content (AvgIpc) is 3.08. The lowest BCUT2D eigenvalue weighted by molar-refractivity contribution is 0.0357. The maximum Gasteiger partial charge on any atom is 0.265 e. The molecule has 0 unspecified atom stereocenters. The minimum absolute atomic E-state index is 0.0468. The Balaban J connectivity index is 1.14. The van der Waals surface area contributed by atoms with Gasteiger partial charge in [-0.25, -0.2) is 8.78 Å². The van der Waals surface area contributed by atoms with E-state index < -0.39 is 23.0 Å². The van der Waals surface area contributed by atoms with Crippen molar-refractivity contribution in [1.29, 1.82) is 0 Å². The van der Waals surface area contributed by atoms with E-state index in [1.807, 2.05) is 0 Å². The summed E-state index contributed by atoms with van der Waals surface area (Å²) in [7, 11) is 1.55. The Labute approximate surface area is 269 Å². The van der Waals surface area contributed by atoms with E-state index in [4.69, 9.17) is 18.9 Å². The van der Waals surface area contributed by atoms with Crippen molar-refractivity contribution in [1.82, 2.24) is 14.5 Å². The topological polar surface area (TPSA) is 92.1 Å². The highest BCUT2D eigenvalue weighted by molar-refractivity contribution is 5.97. The van der Waals surface area contributed by atoms with E-state index in [2.05, 4.69) is 9.88 Å². The van der Waals surface area contributed by atoms with E-state index in [1.54, 1.807) is 43.6 Å². The molecule has 1 aliphatic rings. The minimum atomic E-state index is -0.677. The summed E-state index contributed by atoms with van der Waals surface area (Å²) in [5, 5.41) is 0.602. The van der Waals surface area contributed by atoms with Gasteiger partial charge in [0, 0.05) is 55.6 Å². The standard InChI is InChI=1S/C36H33F2N3O6/c1-44-34-22-28-30(23-35(34)46-17-3-13-40-15-18-45-19-16-40)39-12-11-32(28)47-33-10-5-24(20-29(33)38)21-31(42)27-4-2-14-41(36(27)43)26-8-6-25(37)7-9-26/h2,4-12,14,20,22-23H,3,13,15-19,21H2,1H3. The highest BCUT2D eigenvalue weighted by atomic mass is 19.1. The van der Waals surface area contributed by atoms with Crippen LogP contribution in [0.2, 0.25) is 0 Å². The third-order valence-corrected chi connectivity index (χ3v) is 7.90. The molecule has 0 spiro atoms. The lowest BCUT2D eigenvalue weighted by Crippen LogP contribution is -2.37. The van der Waals surface area contributed by atoms with Crippen LogP contribution in [0.5, 0.6) is 23.0 Å². The first-order chi connectivity index (χ1) is 22.9. The predicted molar refractivity (Wildman–Crippen MR) is 172 cm³/mol. The molecular weight excluding hydrogens is 608 g/mol. The van der Waals surface area contributed by atoms with Crippen LogP contribution in [0.25, 0.3) is 16.6 Å². The molecule has 0 amide bonds. The number of aromatic nitrogens is 2. The number of halogens is 2. The van der Waals surface area contributed by atoms with Gasteiger partial charge < -0.3 is 18.9 Å². The van der Waals surface area contributed by atoms with E-state index in [0.29, 0.717) is 46.0 Å². The number of ketones is 1. The van der Waals surface area contributed by atoms with Crippen LogP contribution in [-0.2, 0) is 11.2 Å². The van der Waals surface area contributed by atoms with Crippen LogP contribution in [0.3, 0.4) is 0 Å². The summed E-state index contributed by atoms with van der Waals surface area (Å²) in [6.07, 6.45) is 3.70. The third-order valence-electron chi connectivity index (χ3n) is 7.90. The Morgan fingerprint density at radius 1 is 0.936 bits per heavy atom. The van der Waals surface area contributed by atoms with Gasteiger partial charge in [-0.15, -0.1) is 0 Å². The largest absolute Gasteiger partial charge is 0.493 e. The second kappa shape index (κ2) is 14.5. The number of carbonyl (C=O) groups excluding carboxylic acids is 1. The molecule has 0 atom stereocenters. The van der Waals surface area contributed by atoms with E-state index in [0.717, 1.165) is 39.3 Å². The first-order valence-electron chi connectivity index (χ1n) is 15.3. The Morgan fingerprint density at radius 3 is 2.51 bits per heavy atom. The zero-order valence-electron chi connectivity index (χ0n) is 25.8. The van der Waals surface area contributed by atoms with Crippen LogP contribution < -0.4 is 19.8 Å². The normalized spacial score (nSPS) is 13.4. The fraction of sp³-hybridized carbons (Fsp3) is 0.250. The van der Waals surface area contributed by atoms with Gasteiger partial charge in [0.25, 0.3) is 5.56 Å². The lowest BCUT2D eigenvalue weighted by atomic mass is 10.0. The molecule has 11 heteroatoms. The van der Waals surface area contributed by atoms with Crippen LogP contribution in [0.4, 0.5) is 8.78 Å². The van der Waals surface area contributed by atoms with Gasteiger partial charge in [0.2, 0.25) is 0 Å². The number of hydrogen-bond donors (Lipinski definition) is 0. The number of hydrogen-bond acceptors (Lipinski definition) is 8. The molecule has 242 valence electrons. The maximum absolute atomic E-state index is 15.3. The van der Waals surface area contributed by atoms with Gasteiger partial charge in [0.05, 0.1) is 38.0 Å². The molecule has 1 saturated heterocycles. The number of benzene rings is 3. The molecule has 5 aromatic rings. The Bertz CT molecular complexity index is 1940. The number of morpholine rings is 1. The second-order valence-corrected chi connectivity index (χ2v) is 11.0. The van der Waals surface area contributed by atoms with Gasteiger partial charge in [0.15, 0.2) is 28.8 Å². The first kappa shape index (κ1) is 31.8. The van der Waals surface area contributed by atoms with Gasteiger partial charge in [-0.2, -0.15) is 0 Å². The van der Waals surface area contributed by atoms with Crippen molar-refractivity contribution in [2.45, 2.75) is 12.8 Å². The fourth-order valence-corrected chi connectivity index (χ4v) is 5.43. The second-order valence-electron chi connectivity index (χ2n) is 11.0. The van der Waals surface area contributed by atoms with Gasteiger partial charge in [0.1, 0.15) is 11.6 Å². The molecule has 0 saturated carbocycles. The highest BCUT2D eigenvalue weighted by Gasteiger charge is 2.17. The third kappa shape index (κ3) is 7.48. The van der Waals surface area contributed by atoms with E-state index >= 15 is 4.39 Å². The Morgan fingerprint density at radius 2 is 1.74 bits per heavy atom. The zero-order chi connectivity index (χ0) is 32.8. The quantitative estimate of drug-likeness (QED) is 0.121. The molecule has 9 nitrogen and oxygen atoms in total. The summed E-state index contributed by atoms with van der Waals surface area (Å²) in [6.45, 7) is 4.76. The Hall–Kier alpha value is -5.13. The number of methoxy groups -OCH3 is 1. The summed E-state index contributed by atoms with van der Waals surface area (Å²) in [6, 6.07) is 17.7. The van der Waals surface area contributed by atoms with Crippen LogP contribution in [0.1, 0.15) is 22.3 Å². The lowest BCUT2D eigenvalue weighted by Gasteiger charge is -2.26. The molecule has 0 aliphatic carbocycles. The fourth-order valence-electron chi connectivity index (χ4n) is 5.43. The van der Waals surface area contributed by atoms with Gasteiger partial charge in [-0.1, -0.05) is 6.07 Å². The molecule has 0 bridgehead atoms. The monoisotopic (exact) mass is 641 g/mol. The molecule has 6 rings (SSSR count). The number of ether oxygens (including phenoxy) is 4. The van der Waals surface area contributed by atoms with Crippen LogP contribution in [-0.4, -0.2) is 66.8 Å².